The number of nitrogens with one attached hydrogen (secondary N) is 2. The minimum atomic E-state index is 0.632. The summed E-state index contributed by atoms with van der Waals surface area (Å²) in [5, 5.41) is 17.1. The average Bonchev–Trinajstić information content (AvgIpc) is 3.00. The molecule has 94 valence electrons. The third-order valence-electron chi connectivity index (χ3n) is 3.27. The van der Waals surface area contributed by atoms with Gasteiger partial charge in [0.2, 0.25) is 0 Å². The van der Waals surface area contributed by atoms with Gasteiger partial charge in [-0.1, -0.05) is 17.3 Å². The van der Waals surface area contributed by atoms with Crippen molar-refractivity contribution >= 4 is 5.69 Å². The largest absolute Gasteiger partial charge is 0.374 e. The number of rotatable bonds is 4. The number of tetrazole rings is 1. The van der Waals surface area contributed by atoms with Crippen molar-refractivity contribution in [3.05, 3.63) is 35.2 Å². The summed E-state index contributed by atoms with van der Waals surface area (Å²) in [6.45, 7) is 2.58. The minimum Gasteiger partial charge on any atom is -0.374 e. The fraction of sp³-hybridized carbons (Fsp3) is 0.417. The van der Waals surface area contributed by atoms with E-state index in [1.807, 2.05) is 0 Å². The smallest absolute Gasteiger partial charge is 0.188 e. The highest BCUT2D eigenvalue weighted by molar-refractivity contribution is 5.58. The van der Waals surface area contributed by atoms with Gasteiger partial charge in [0.05, 0.1) is 6.54 Å². The molecule has 1 aromatic heterocycles. The van der Waals surface area contributed by atoms with Crippen LogP contribution in [0.5, 0.6) is 0 Å². The Balaban J connectivity index is 1.60. The van der Waals surface area contributed by atoms with Gasteiger partial charge >= 0.3 is 0 Å². The van der Waals surface area contributed by atoms with E-state index in [1.54, 1.807) is 0 Å². The van der Waals surface area contributed by atoms with Crippen molar-refractivity contribution in [2.45, 2.75) is 19.5 Å². The van der Waals surface area contributed by atoms with Gasteiger partial charge < -0.3 is 10.2 Å². The number of H-pyrrole nitrogens is 1. The van der Waals surface area contributed by atoms with Crippen molar-refractivity contribution in [2.75, 3.05) is 18.5 Å². The highest BCUT2D eigenvalue weighted by Gasteiger charge is 2.15. The SMILES string of the molecule is CN1CCc2cc(CNCc3nn[nH]n3)ccc21. The molecule has 18 heavy (non-hydrogen) atoms. The maximum absolute atomic E-state index is 3.90. The zero-order chi connectivity index (χ0) is 12.4. The highest BCUT2D eigenvalue weighted by atomic mass is 15.5. The van der Waals surface area contributed by atoms with Crippen LogP contribution in [0.15, 0.2) is 18.2 Å². The van der Waals surface area contributed by atoms with Crippen molar-refractivity contribution in [1.82, 2.24) is 25.9 Å². The number of benzene rings is 1. The molecule has 1 aromatic carbocycles. The molecular formula is C12H16N6. The van der Waals surface area contributed by atoms with Crippen LogP contribution in [0.25, 0.3) is 0 Å². The first kappa shape index (κ1) is 11.2. The third kappa shape index (κ3) is 2.19. The third-order valence-corrected chi connectivity index (χ3v) is 3.27. The van der Waals surface area contributed by atoms with Gasteiger partial charge in [0.1, 0.15) is 0 Å². The van der Waals surface area contributed by atoms with E-state index < -0.39 is 0 Å². The summed E-state index contributed by atoms with van der Waals surface area (Å²) < 4.78 is 0. The first-order valence-corrected chi connectivity index (χ1v) is 6.09. The van der Waals surface area contributed by atoms with Crippen LogP contribution in [0.1, 0.15) is 17.0 Å². The molecule has 0 saturated carbocycles. The Bertz CT molecular complexity index is 521. The van der Waals surface area contributed by atoms with E-state index in [1.165, 1.54) is 16.8 Å². The second-order valence-electron chi connectivity index (χ2n) is 4.57. The molecule has 0 fully saturated rings. The van der Waals surface area contributed by atoms with Crippen molar-refractivity contribution in [2.24, 2.45) is 0 Å². The summed E-state index contributed by atoms with van der Waals surface area (Å²) in [6, 6.07) is 6.65. The Labute approximate surface area is 105 Å². The van der Waals surface area contributed by atoms with Gasteiger partial charge in [0, 0.05) is 25.8 Å². The standard InChI is InChI=1S/C12H16N6/c1-18-5-4-10-6-9(2-3-11(10)18)7-13-8-12-14-16-17-15-12/h2-3,6,13H,4-5,7-8H2,1H3,(H,14,15,16,17). The lowest BCUT2D eigenvalue weighted by molar-refractivity contribution is 0.663. The van der Waals surface area contributed by atoms with Crippen LogP contribution < -0.4 is 10.2 Å². The van der Waals surface area contributed by atoms with E-state index in [0.29, 0.717) is 12.4 Å². The monoisotopic (exact) mass is 244 g/mol. The Kier molecular flexibility index (Phi) is 2.93. The highest BCUT2D eigenvalue weighted by Crippen LogP contribution is 2.27. The van der Waals surface area contributed by atoms with Gasteiger partial charge in [-0.05, 0) is 23.6 Å². The molecule has 2 aromatic rings. The van der Waals surface area contributed by atoms with E-state index in [-0.39, 0.29) is 0 Å². The van der Waals surface area contributed by atoms with E-state index in [4.69, 9.17) is 0 Å². The van der Waals surface area contributed by atoms with Crippen LogP contribution in [-0.4, -0.2) is 34.2 Å². The Morgan fingerprint density at radius 1 is 1.39 bits per heavy atom. The van der Waals surface area contributed by atoms with Crippen LogP contribution in [0.4, 0.5) is 5.69 Å². The van der Waals surface area contributed by atoms with Crippen molar-refractivity contribution < 1.29 is 0 Å². The summed E-state index contributed by atoms with van der Waals surface area (Å²) in [7, 11) is 2.14. The average molecular weight is 244 g/mol. The van der Waals surface area contributed by atoms with Gasteiger partial charge in [0.25, 0.3) is 0 Å². The Morgan fingerprint density at radius 3 is 3.17 bits per heavy atom. The van der Waals surface area contributed by atoms with E-state index in [0.717, 1.165) is 19.5 Å². The molecule has 6 heteroatoms. The summed E-state index contributed by atoms with van der Waals surface area (Å²) in [5.74, 6) is 0.691. The zero-order valence-electron chi connectivity index (χ0n) is 10.3. The van der Waals surface area contributed by atoms with E-state index in [2.05, 4.69) is 56.1 Å². The van der Waals surface area contributed by atoms with Crippen LogP contribution in [0.3, 0.4) is 0 Å². The van der Waals surface area contributed by atoms with Gasteiger partial charge in [-0.3, -0.25) is 0 Å². The molecule has 6 nitrogen and oxygen atoms in total. The summed E-state index contributed by atoms with van der Waals surface area (Å²) in [4.78, 5) is 2.30. The van der Waals surface area contributed by atoms with Crippen LogP contribution in [-0.2, 0) is 19.5 Å². The predicted molar refractivity (Wildman–Crippen MR) is 68.1 cm³/mol. The molecule has 0 aliphatic carbocycles. The first-order valence-electron chi connectivity index (χ1n) is 6.09. The van der Waals surface area contributed by atoms with Gasteiger partial charge in [-0.25, -0.2) is 0 Å². The van der Waals surface area contributed by atoms with E-state index in [9.17, 15) is 0 Å². The fourth-order valence-corrected chi connectivity index (χ4v) is 2.31. The Hall–Kier alpha value is -1.95. The first-order chi connectivity index (χ1) is 8.83. The molecule has 3 rings (SSSR count). The van der Waals surface area contributed by atoms with Crippen LogP contribution in [0.2, 0.25) is 0 Å². The van der Waals surface area contributed by atoms with E-state index >= 15 is 0 Å². The molecular weight excluding hydrogens is 228 g/mol. The molecule has 0 bridgehead atoms. The summed E-state index contributed by atoms with van der Waals surface area (Å²) >= 11 is 0. The maximum atomic E-state index is 3.90. The second kappa shape index (κ2) is 4.73. The lowest BCUT2D eigenvalue weighted by atomic mass is 10.1. The normalized spacial score (nSPS) is 13.9. The molecule has 0 radical (unpaired) electrons. The number of nitrogens with zero attached hydrogens (tertiary/aromatic N) is 4. The molecule has 2 N–H and O–H groups in total. The number of aromatic amines is 1. The topological polar surface area (TPSA) is 69.7 Å². The fourth-order valence-electron chi connectivity index (χ4n) is 2.31. The number of hydrogen-bond donors (Lipinski definition) is 2. The number of aromatic nitrogens is 4. The zero-order valence-corrected chi connectivity index (χ0v) is 10.3. The van der Waals surface area contributed by atoms with Crippen molar-refractivity contribution in [3.63, 3.8) is 0 Å². The number of fused-ring (bicyclic) bond motifs is 1. The summed E-state index contributed by atoms with van der Waals surface area (Å²) in [5.41, 5.74) is 4.10. The maximum Gasteiger partial charge on any atom is 0.188 e. The number of anilines is 1. The quantitative estimate of drug-likeness (QED) is 0.818. The molecule has 1 aliphatic rings. The second-order valence-corrected chi connectivity index (χ2v) is 4.57. The summed E-state index contributed by atoms with van der Waals surface area (Å²) in [6.07, 6.45) is 1.14. The molecule has 2 heterocycles. The lowest BCUT2D eigenvalue weighted by Gasteiger charge is -2.12. The molecule has 0 atom stereocenters. The molecule has 0 unspecified atom stereocenters. The molecule has 0 amide bonds. The van der Waals surface area contributed by atoms with Crippen molar-refractivity contribution in [3.8, 4) is 0 Å². The van der Waals surface area contributed by atoms with Gasteiger partial charge in [-0.15, -0.1) is 10.2 Å². The lowest BCUT2D eigenvalue weighted by Crippen LogP contribution is -2.14. The predicted octanol–water partition coefficient (Wildman–Crippen LogP) is 0.482. The minimum absolute atomic E-state index is 0.632. The molecule has 0 spiro atoms. The van der Waals surface area contributed by atoms with Gasteiger partial charge in [-0.2, -0.15) is 5.21 Å². The molecule has 0 saturated heterocycles. The van der Waals surface area contributed by atoms with Crippen LogP contribution in [0, 0.1) is 0 Å². The number of likely N-dealkylation sites (N-methyl/N-ethyl adjacent to an activating group) is 1. The Morgan fingerprint density at radius 2 is 2.33 bits per heavy atom. The number of hydrogen-bond acceptors (Lipinski definition) is 5. The molecule has 1 aliphatic heterocycles. The van der Waals surface area contributed by atoms with Gasteiger partial charge in [0.15, 0.2) is 5.82 Å². The van der Waals surface area contributed by atoms with Crippen LogP contribution >= 0.6 is 0 Å². The van der Waals surface area contributed by atoms with Crippen molar-refractivity contribution in [1.29, 1.82) is 0 Å².